The number of carbonyl (C=O) groups excluding carboxylic acids is 1. The van der Waals surface area contributed by atoms with E-state index in [1.807, 2.05) is 32.9 Å². The van der Waals surface area contributed by atoms with E-state index in [9.17, 15) is 10.1 Å². The number of benzene rings is 1. The Kier molecular flexibility index (Phi) is 6.05. The number of aryl methyl sites for hydroxylation is 1. The van der Waals surface area contributed by atoms with Crippen molar-refractivity contribution >= 4 is 23.4 Å². The molecule has 1 heterocycles. The van der Waals surface area contributed by atoms with Crippen molar-refractivity contribution < 1.29 is 9.53 Å². The molecule has 1 amide bonds. The standard InChI is InChI=1S/C19H21N3O2S/c1-11-12(2)15(10-20)19(21-13(11)3)25-14(4)18(23)22-16-8-6-7-9-17(16)24-5/h6-9,14H,1-5H3,(H,22,23)/t14-/m0/s1. The minimum Gasteiger partial charge on any atom is -0.495 e. The topological polar surface area (TPSA) is 75.0 Å². The number of hydrogen-bond donors (Lipinski definition) is 1. The highest BCUT2D eigenvalue weighted by Crippen LogP contribution is 2.30. The molecule has 130 valence electrons. The number of pyridine rings is 1. The second-order valence-electron chi connectivity index (χ2n) is 5.69. The molecular formula is C19H21N3O2S. The molecule has 0 spiro atoms. The number of hydrogen-bond acceptors (Lipinski definition) is 5. The van der Waals surface area contributed by atoms with Crippen molar-refractivity contribution in [2.45, 2.75) is 38.0 Å². The Hall–Kier alpha value is -2.52. The molecule has 0 aliphatic heterocycles. The normalized spacial score (nSPS) is 11.5. The van der Waals surface area contributed by atoms with Crippen molar-refractivity contribution in [3.8, 4) is 11.8 Å². The number of ether oxygens (including phenoxy) is 1. The lowest BCUT2D eigenvalue weighted by molar-refractivity contribution is -0.115. The average molecular weight is 355 g/mol. The number of nitrogens with zero attached hydrogens (tertiary/aromatic N) is 2. The molecule has 0 aliphatic carbocycles. The van der Waals surface area contributed by atoms with Crippen LogP contribution in [0.1, 0.15) is 29.3 Å². The molecular weight excluding hydrogens is 334 g/mol. The number of amides is 1. The predicted molar refractivity (Wildman–Crippen MR) is 100 cm³/mol. The number of thioether (sulfide) groups is 1. The lowest BCUT2D eigenvalue weighted by Crippen LogP contribution is -2.23. The van der Waals surface area contributed by atoms with Crippen LogP contribution in [0.4, 0.5) is 5.69 Å². The van der Waals surface area contributed by atoms with Crippen molar-refractivity contribution in [2.24, 2.45) is 0 Å². The molecule has 25 heavy (non-hydrogen) atoms. The summed E-state index contributed by atoms with van der Waals surface area (Å²) in [6.07, 6.45) is 0. The van der Waals surface area contributed by atoms with Crippen LogP contribution in [0.3, 0.4) is 0 Å². The molecule has 1 aromatic carbocycles. The van der Waals surface area contributed by atoms with E-state index in [0.29, 0.717) is 22.0 Å². The lowest BCUT2D eigenvalue weighted by atomic mass is 10.1. The monoisotopic (exact) mass is 355 g/mol. The number of methoxy groups -OCH3 is 1. The Bertz CT molecular complexity index is 843. The van der Waals surface area contributed by atoms with Crippen LogP contribution >= 0.6 is 11.8 Å². The van der Waals surface area contributed by atoms with E-state index in [0.717, 1.165) is 16.8 Å². The number of nitriles is 1. The summed E-state index contributed by atoms with van der Waals surface area (Å²) in [4.78, 5) is 17.0. The van der Waals surface area contributed by atoms with Gasteiger partial charge in [-0.1, -0.05) is 23.9 Å². The van der Waals surface area contributed by atoms with E-state index < -0.39 is 5.25 Å². The average Bonchev–Trinajstić information content (AvgIpc) is 2.60. The molecule has 1 atom stereocenters. The van der Waals surface area contributed by atoms with Gasteiger partial charge in [0.05, 0.1) is 23.6 Å². The van der Waals surface area contributed by atoms with Crippen molar-refractivity contribution in [1.29, 1.82) is 5.26 Å². The summed E-state index contributed by atoms with van der Waals surface area (Å²) in [5.74, 6) is 0.432. The maximum Gasteiger partial charge on any atom is 0.237 e. The minimum atomic E-state index is -0.411. The van der Waals surface area contributed by atoms with Gasteiger partial charge in [0.25, 0.3) is 0 Å². The third-order valence-electron chi connectivity index (χ3n) is 4.10. The van der Waals surface area contributed by atoms with Crippen LogP contribution in [-0.2, 0) is 4.79 Å². The summed E-state index contributed by atoms with van der Waals surface area (Å²) in [6, 6.07) is 9.45. The summed E-state index contributed by atoms with van der Waals surface area (Å²) in [5.41, 5.74) is 3.94. The maximum absolute atomic E-state index is 12.5. The first-order valence-electron chi connectivity index (χ1n) is 7.87. The second-order valence-corrected chi connectivity index (χ2v) is 7.02. The molecule has 0 bridgehead atoms. The van der Waals surface area contributed by atoms with E-state index in [1.165, 1.54) is 11.8 Å². The van der Waals surface area contributed by atoms with Crippen LogP contribution in [-0.4, -0.2) is 23.3 Å². The van der Waals surface area contributed by atoms with E-state index in [1.54, 1.807) is 26.2 Å². The summed E-state index contributed by atoms with van der Waals surface area (Å²) in [5, 5.41) is 12.5. The Balaban J connectivity index is 2.21. The van der Waals surface area contributed by atoms with Gasteiger partial charge in [0.2, 0.25) is 5.91 Å². The zero-order chi connectivity index (χ0) is 18.6. The fraction of sp³-hybridized carbons (Fsp3) is 0.316. The number of nitrogens with one attached hydrogen (secondary N) is 1. The number of rotatable bonds is 5. The van der Waals surface area contributed by atoms with Gasteiger partial charge >= 0.3 is 0 Å². The maximum atomic E-state index is 12.5. The summed E-state index contributed by atoms with van der Waals surface area (Å²) in [6.45, 7) is 7.56. The summed E-state index contributed by atoms with van der Waals surface area (Å²) < 4.78 is 5.25. The van der Waals surface area contributed by atoms with E-state index in [2.05, 4.69) is 16.4 Å². The van der Waals surface area contributed by atoms with Gasteiger partial charge in [-0.15, -0.1) is 0 Å². The van der Waals surface area contributed by atoms with Crippen molar-refractivity contribution in [3.05, 3.63) is 46.6 Å². The van der Waals surface area contributed by atoms with Gasteiger partial charge in [-0.2, -0.15) is 5.26 Å². The van der Waals surface area contributed by atoms with E-state index in [4.69, 9.17) is 4.74 Å². The van der Waals surface area contributed by atoms with Gasteiger partial charge in [0, 0.05) is 5.69 Å². The van der Waals surface area contributed by atoms with Crippen molar-refractivity contribution in [1.82, 2.24) is 4.98 Å². The number of carbonyl (C=O) groups is 1. The molecule has 2 rings (SSSR count). The first kappa shape index (κ1) is 18.8. The SMILES string of the molecule is COc1ccccc1NC(=O)[C@H](C)Sc1nc(C)c(C)c(C)c1C#N. The number of aromatic nitrogens is 1. The second kappa shape index (κ2) is 8.04. The Labute approximate surface area is 152 Å². The quantitative estimate of drug-likeness (QED) is 0.820. The van der Waals surface area contributed by atoms with Crippen LogP contribution in [0.25, 0.3) is 0 Å². The minimum absolute atomic E-state index is 0.170. The molecule has 2 aromatic rings. The van der Waals surface area contributed by atoms with Crippen molar-refractivity contribution in [3.63, 3.8) is 0 Å². The highest BCUT2D eigenvalue weighted by Gasteiger charge is 2.20. The zero-order valence-electron chi connectivity index (χ0n) is 15.0. The Morgan fingerprint density at radius 1 is 1.28 bits per heavy atom. The third-order valence-corrected chi connectivity index (χ3v) is 5.18. The Morgan fingerprint density at radius 2 is 1.96 bits per heavy atom. The summed E-state index contributed by atoms with van der Waals surface area (Å²) in [7, 11) is 1.56. The predicted octanol–water partition coefficient (Wildman–Crippen LogP) is 4.01. The van der Waals surface area contributed by atoms with Crippen molar-refractivity contribution in [2.75, 3.05) is 12.4 Å². The van der Waals surface area contributed by atoms with Gasteiger partial charge in [0.1, 0.15) is 16.8 Å². The highest BCUT2D eigenvalue weighted by atomic mass is 32.2. The fourth-order valence-corrected chi connectivity index (χ4v) is 3.34. The highest BCUT2D eigenvalue weighted by molar-refractivity contribution is 8.00. The van der Waals surface area contributed by atoms with Crippen LogP contribution in [0, 0.1) is 32.1 Å². The van der Waals surface area contributed by atoms with Crippen LogP contribution < -0.4 is 10.1 Å². The molecule has 0 fully saturated rings. The molecule has 0 unspecified atom stereocenters. The molecule has 6 heteroatoms. The molecule has 0 aliphatic rings. The first-order valence-corrected chi connectivity index (χ1v) is 8.75. The smallest absolute Gasteiger partial charge is 0.237 e. The van der Waals surface area contributed by atoms with Gasteiger partial charge < -0.3 is 10.1 Å². The number of anilines is 1. The largest absolute Gasteiger partial charge is 0.495 e. The summed E-state index contributed by atoms with van der Waals surface area (Å²) >= 11 is 1.29. The van der Waals surface area contributed by atoms with E-state index in [-0.39, 0.29) is 5.91 Å². The van der Waals surface area contributed by atoms with Crippen LogP contribution in [0.15, 0.2) is 29.3 Å². The van der Waals surface area contributed by atoms with Gasteiger partial charge in [-0.3, -0.25) is 4.79 Å². The number of para-hydroxylation sites is 2. The van der Waals surface area contributed by atoms with Gasteiger partial charge in [-0.25, -0.2) is 4.98 Å². The van der Waals surface area contributed by atoms with E-state index >= 15 is 0 Å². The molecule has 1 N–H and O–H groups in total. The van der Waals surface area contributed by atoms with Crippen LogP contribution in [0.5, 0.6) is 5.75 Å². The molecule has 0 saturated heterocycles. The molecule has 0 saturated carbocycles. The first-order chi connectivity index (χ1) is 11.9. The molecule has 0 radical (unpaired) electrons. The van der Waals surface area contributed by atoms with Gasteiger partial charge in [0.15, 0.2) is 0 Å². The van der Waals surface area contributed by atoms with Gasteiger partial charge in [-0.05, 0) is 51.0 Å². The molecule has 5 nitrogen and oxygen atoms in total. The van der Waals surface area contributed by atoms with Crippen LogP contribution in [0.2, 0.25) is 0 Å². The zero-order valence-corrected chi connectivity index (χ0v) is 15.8. The molecule has 1 aromatic heterocycles. The fourth-order valence-electron chi connectivity index (χ4n) is 2.33. The third kappa shape index (κ3) is 4.12. The Morgan fingerprint density at radius 3 is 2.60 bits per heavy atom. The lowest BCUT2D eigenvalue weighted by Gasteiger charge is -2.16.